The van der Waals surface area contributed by atoms with E-state index in [9.17, 15) is 14.7 Å². The monoisotopic (exact) mass is 239 g/mol. The van der Waals surface area contributed by atoms with Gasteiger partial charge >= 0.3 is 0 Å². The number of aliphatic hydroxyl groups is 1. The van der Waals surface area contributed by atoms with Crippen LogP contribution in [-0.4, -0.2) is 32.1 Å². The molecule has 0 bridgehead atoms. The molecule has 0 aromatic carbocycles. The van der Waals surface area contributed by atoms with Gasteiger partial charge in [-0.2, -0.15) is 0 Å². The van der Waals surface area contributed by atoms with E-state index in [1.807, 2.05) is 0 Å². The Morgan fingerprint density at radius 3 is 2.41 bits per heavy atom. The molecule has 0 aliphatic heterocycles. The standard InChI is InChI=1S/C11H17N3O3/c1-10(2,11(3,4)17)14-9(16)7-5-13-8(15)6-12-7/h5-6,17H,1-4H3,(H,13,15)(H,14,16). The lowest BCUT2D eigenvalue weighted by Gasteiger charge is -2.37. The van der Waals surface area contributed by atoms with Gasteiger partial charge in [-0.25, -0.2) is 4.98 Å². The van der Waals surface area contributed by atoms with Crippen LogP contribution in [0.25, 0.3) is 0 Å². The number of H-pyrrole nitrogens is 1. The zero-order chi connectivity index (χ0) is 13.3. The summed E-state index contributed by atoms with van der Waals surface area (Å²) in [5.74, 6) is -0.451. The fraction of sp³-hybridized carbons (Fsp3) is 0.545. The van der Waals surface area contributed by atoms with Crippen molar-refractivity contribution in [2.75, 3.05) is 0 Å². The van der Waals surface area contributed by atoms with Crippen molar-refractivity contribution in [2.24, 2.45) is 0 Å². The number of nitrogens with zero attached hydrogens (tertiary/aromatic N) is 1. The van der Waals surface area contributed by atoms with Crippen LogP contribution >= 0.6 is 0 Å². The fourth-order valence-corrected chi connectivity index (χ4v) is 0.967. The van der Waals surface area contributed by atoms with Crippen LogP contribution in [0.4, 0.5) is 0 Å². The van der Waals surface area contributed by atoms with Gasteiger partial charge in [-0.3, -0.25) is 9.59 Å². The minimum atomic E-state index is -1.08. The van der Waals surface area contributed by atoms with Gasteiger partial charge in [0.1, 0.15) is 5.69 Å². The van der Waals surface area contributed by atoms with E-state index in [2.05, 4.69) is 15.3 Å². The van der Waals surface area contributed by atoms with Crippen LogP contribution < -0.4 is 10.9 Å². The van der Waals surface area contributed by atoms with Crippen LogP contribution in [-0.2, 0) is 0 Å². The van der Waals surface area contributed by atoms with E-state index in [4.69, 9.17) is 0 Å². The van der Waals surface area contributed by atoms with Gasteiger partial charge in [0.05, 0.1) is 17.3 Å². The van der Waals surface area contributed by atoms with E-state index < -0.39 is 17.0 Å². The van der Waals surface area contributed by atoms with Crippen molar-refractivity contribution in [3.63, 3.8) is 0 Å². The molecule has 17 heavy (non-hydrogen) atoms. The number of aromatic nitrogens is 2. The van der Waals surface area contributed by atoms with E-state index >= 15 is 0 Å². The van der Waals surface area contributed by atoms with Crippen molar-refractivity contribution in [1.82, 2.24) is 15.3 Å². The number of hydrogen-bond acceptors (Lipinski definition) is 4. The van der Waals surface area contributed by atoms with Crippen molar-refractivity contribution in [3.05, 3.63) is 28.4 Å². The maximum atomic E-state index is 11.8. The average molecular weight is 239 g/mol. The summed E-state index contributed by atoms with van der Waals surface area (Å²) < 4.78 is 0. The molecule has 0 aliphatic rings. The molecule has 1 aromatic rings. The van der Waals surface area contributed by atoms with Crippen molar-refractivity contribution < 1.29 is 9.90 Å². The van der Waals surface area contributed by atoms with Gasteiger partial charge in [0.15, 0.2) is 0 Å². The van der Waals surface area contributed by atoms with Gasteiger partial charge in [0.25, 0.3) is 11.5 Å². The predicted octanol–water partition coefficient (Wildman–Crippen LogP) is 0.0492. The second-order valence-corrected chi connectivity index (χ2v) is 4.93. The second-order valence-electron chi connectivity index (χ2n) is 4.93. The zero-order valence-electron chi connectivity index (χ0n) is 10.4. The Kier molecular flexibility index (Phi) is 3.38. The van der Waals surface area contributed by atoms with Crippen LogP contribution in [0.5, 0.6) is 0 Å². The lowest BCUT2D eigenvalue weighted by molar-refractivity contribution is -0.00303. The number of amides is 1. The molecule has 1 rings (SSSR count). The summed E-state index contributed by atoms with van der Waals surface area (Å²) in [6, 6.07) is 0. The first-order valence-corrected chi connectivity index (χ1v) is 5.23. The molecule has 0 aliphatic carbocycles. The van der Waals surface area contributed by atoms with Gasteiger partial charge in [0.2, 0.25) is 0 Å². The molecule has 6 heteroatoms. The SMILES string of the molecule is CC(C)(O)C(C)(C)NC(=O)c1c[nH]c(=O)cn1. The van der Waals surface area contributed by atoms with Gasteiger partial charge in [0, 0.05) is 6.20 Å². The molecule has 0 spiro atoms. The molecule has 1 aromatic heterocycles. The quantitative estimate of drug-likeness (QED) is 0.694. The molecule has 1 heterocycles. The Morgan fingerprint density at radius 1 is 1.41 bits per heavy atom. The summed E-state index contributed by atoms with van der Waals surface area (Å²) >= 11 is 0. The molecule has 0 saturated carbocycles. The van der Waals surface area contributed by atoms with Crippen molar-refractivity contribution in [2.45, 2.75) is 38.8 Å². The highest BCUT2D eigenvalue weighted by molar-refractivity contribution is 5.92. The van der Waals surface area contributed by atoms with Gasteiger partial charge < -0.3 is 15.4 Å². The Bertz CT molecular complexity index is 451. The molecular weight excluding hydrogens is 222 g/mol. The van der Waals surface area contributed by atoms with E-state index in [0.717, 1.165) is 6.20 Å². The summed E-state index contributed by atoms with van der Waals surface area (Å²) in [6.07, 6.45) is 2.27. The normalized spacial score (nSPS) is 12.3. The van der Waals surface area contributed by atoms with Crippen LogP contribution in [0, 0.1) is 0 Å². The molecule has 6 nitrogen and oxygen atoms in total. The van der Waals surface area contributed by atoms with Crippen LogP contribution in [0.2, 0.25) is 0 Å². The first-order chi connectivity index (χ1) is 7.63. The van der Waals surface area contributed by atoms with Gasteiger partial charge in [-0.15, -0.1) is 0 Å². The highest BCUT2D eigenvalue weighted by Crippen LogP contribution is 2.20. The molecule has 1 amide bonds. The predicted molar refractivity (Wildman–Crippen MR) is 62.7 cm³/mol. The largest absolute Gasteiger partial charge is 0.388 e. The molecule has 94 valence electrons. The van der Waals surface area contributed by atoms with Gasteiger partial charge in [-0.05, 0) is 27.7 Å². The number of carbonyl (C=O) groups is 1. The molecule has 0 saturated heterocycles. The zero-order valence-corrected chi connectivity index (χ0v) is 10.4. The molecule has 0 atom stereocenters. The molecule has 0 unspecified atom stereocenters. The summed E-state index contributed by atoms with van der Waals surface area (Å²) in [6.45, 7) is 6.62. The molecule has 0 fully saturated rings. The first-order valence-electron chi connectivity index (χ1n) is 5.23. The van der Waals surface area contributed by atoms with Crippen LogP contribution in [0.1, 0.15) is 38.2 Å². The number of nitrogens with one attached hydrogen (secondary N) is 2. The molecule has 0 radical (unpaired) electrons. The lowest BCUT2D eigenvalue weighted by atomic mass is 9.86. The smallest absolute Gasteiger partial charge is 0.271 e. The number of hydrogen-bond donors (Lipinski definition) is 3. The summed E-state index contributed by atoms with van der Waals surface area (Å²) in [5, 5.41) is 12.6. The number of aromatic amines is 1. The van der Waals surface area contributed by atoms with E-state index in [1.165, 1.54) is 6.20 Å². The molecule has 3 N–H and O–H groups in total. The number of rotatable bonds is 3. The highest BCUT2D eigenvalue weighted by Gasteiger charge is 2.36. The summed E-state index contributed by atoms with van der Waals surface area (Å²) in [5.41, 5.74) is -2.17. The third-order valence-electron chi connectivity index (χ3n) is 2.86. The van der Waals surface area contributed by atoms with Crippen molar-refractivity contribution in [1.29, 1.82) is 0 Å². The molecular formula is C11H17N3O3. The summed E-state index contributed by atoms with van der Waals surface area (Å²) in [7, 11) is 0. The van der Waals surface area contributed by atoms with Gasteiger partial charge in [-0.1, -0.05) is 0 Å². The second kappa shape index (κ2) is 4.29. The highest BCUT2D eigenvalue weighted by atomic mass is 16.3. The Labute approximate surface area is 99.1 Å². The number of carbonyl (C=O) groups excluding carboxylic acids is 1. The van der Waals surface area contributed by atoms with Crippen LogP contribution in [0.15, 0.2) is 17.2 Å². The maximum absolute atomic E-state index is 11.8. The lowest BCUT2D eigenvalue weighted by Crippen LogP contribution is -2.57. The van der Waals surface area contributed by atoms with E-state index in [0.29, 0.717) is 0 Å². The third-order valence-corrected chi connectivity index (χ3v) is 2.86. The summed E-state index contributed by atoms with van der Waals surface area (Å²) in [4.78, 5) is 28.7. The Balaban J connectivity index is 2.87. The Hall–Kier alpha value is -1.69. The third kappa shape index (κ3) is 3.13. The van der Waals surface area contributed by atoms with Crippen LogP contribution in [0.3, 0.4) is 0 Å². The minimum Gasteiger partial charge on any atom is -0.388 e. The van der Waals surface area contributed by atoms with E-state index in [1.54, 1.807) is 27.7 Å². The maximum Gasteiger partial charge on any atom is 0.271 e. The minimum absolute atomic E-state index is 0.0990. The first kappa shape index (κ1) is 13.4. The topological polar surface area (TPSA) is 95.1 Å². The van der Waals surface area contributed by atoms with Crippen molar-refractivity contribution in [3.8, 4) is 0 Å². The van der Waals surface area contributed by atoms with E-state index in [-0.39, 0.29) is 11.3 Å². The Morgan fingerprint density at radius 2 is 2.00 bits per heavy atom. The fourth-order valence-electron chi connectivity index (χ4n) is 0.967. The van der Waals surface area contributed by atoms with Crippen molar-refractivity contribution >= 4 is 5.91 Å². The average Bonchev–Trinajstić information content (AvgIpc) is 2.16.